The molecule has 1 aliphatic rings. The van der Waals surface area contributed by atoms with Gasteiger partial charge in [-0.15, -0.1) is 11.3 Å². The summed E-state index contributed by atoms with van der Waals surface area (Å²) in [4.78, 5) is 9.07. The van der Waals surface area contributed by atoms with Crippen molar-refractivity contribution >= 4 is 17.3 Å². The molecule has 1 heterocycles. The molecule has 4 nitrogen and oxygen atoms in total. The minimum absolute atomic E-state index is 0.140. The summed E-state index contributed by atoms with van der Waals surface area (Å²) in [5.74, 6) is 0.930. The second-order valence-electron chi connectivity index (χ2n) is 7.10. The molecule has 2 rings (SSSR count). The first-order valence-electron chi connectivity index (χ1n) is 8.41. The van der Waals surface area contributed by atoms with Crippen LogP contribution in [0.4, 0.5) is 0 Å². The normalized spacial score (nSPS) is 17.5. The van der Waals surface area contributed by atoms with E-state index < -0.39 is 0 Å². The summed E-state index contributed by atoms with van der Waals surface area (Å²) >= 11 is 1.76. The third-order valence-electron chi connectivity index (χ3n) is 4.12. The van der Waals surface area contributed by atoms with Crippen LogP contribution in [0.5, 0.6) is 0 Å². The minimum Gasteiger partial charge on any atom is -0.356 e. The van der Waals surface area contributed by atoms with Crippen LogP contribution in [0.3, 0.4) is 0 Å². The molecule has 0 radical (unpaired) electrons. The van der Waals surface area contributed by atoms with Crippen LogP contribution in [0, 0.1) is 0 Å². The van der Waals surface area contributed by atoms with Gasteiger partial charge in [0.15, 0.2) is 5.96 Å². The van der Waals surface area contributed by atoms with Gasteiger partial charge in [0.05, 0.1) is 10.7 Å². The van der Waals surface area contributed by atoms with E-state index in [2.05, 4.69) is 41.8 Å². The zero-order valence-electron chi connectivity index (χ0n) is 14.4. The van der Waals surface area contributed by atoms with Crippen LogP contribution in [0.1, 0.15) is 63.6 Å². The molecule has 1 aliphatic carbocycles. The number of rotatable bonds is 4. The predicted molar refractivity (Wildman–Crippen MR) is 95.9 cm³/mol. The number of aliphatic imine (C=N–C) groups is 1. The molecule has 0 aliphatic heterocycles. The lowest BCUT2D eigenvalue weighted by Crippen LogP contribution is -2.44. The molecule has 0 atom stereocenters. The van der Waals surface area contributed by atoms with Gasteiger partial charge in [0, 0.05) is 36.9 Å². The molecule has 22 heavy (non-hydrogen) atoms. The van der Waals surface area contributed by atoms with Crippen molar-refractivity contribution in [2.75, 3.05) is 13.6 Å². The molecule has 0 saturated heterocycles. The molecule has 0 unspecified atom stereocenters. The van der Waals surface area contributed by atoms with E-state index in [-0.39, 0.29) is 5.41 Å². The lowest BCUT2D eigenvalue weighted by molar-refractivity contribution is 0.410. The molecule has 1 aromatic rings. The van der Waals surface area contributed by atoms with Gasteiger partial charge in [0.1, 0.15) is 0 Å². The first-order chi connectivity index (χ1) is 10.5. The van der Waals surface area contributed by atoms with Crippen molar-refractivity contribution in [2.24, 2.45) is 4.99 Å². The average molecular weight is 323 g/mol. The maximum absolute atomic E-state index is 4.74. The van der Waals surface area contributed by atoms with E-state index in [1.165, 1.54) is 42.8 Å². The van der Waals surface area contributed by atoms with E-state index in [4.69, 9.17) is 4.98 Å². The lowest BCUT2D eigenvalue weighted by Gasteiger charge is -2.24. The molecule has 1 aromatic heterocycles. The average Bonchev–Trinajstić information content (AvgIpc) is 2.96. The van der Waals surface area contributed by atoms with E-state index in [0.29, 0.717) is 6.04 Å². The van der Waals surface area contributed by atoms with Crippen LogP contribution in [0.25, 0.3) is 0 Å². The predicted octanol–water partition coefficient (Wildman–Crippen LogP) is 3.48. The van der Waals surface area contributed by atoms with Gasteiger partial charge >= 0.3 is 0 Å². The smallest absolute Gasteiger partial charge is 0.191 e. The molecular weight excluding hydrogens is 292 g/mol. The summed E-state index contributed by atoms with van der Waals surface area (Å²) in [5, 5.41) is 10.3. The van der Waals surface area contributed by atoms with E-state index in [1.54, 1.807) is 11.3 Å². The van der Waals surface area contributed by atoms with Crippen LogP contribution in [-0.2, 0) is 11.8 Å². The maximum Gasteiger partial charge on any atom is 0.191 e. The largest absolute Gasteiger partial charge is 0.356 e. The Bertz CT molecular complexity index is 481. The fourth-order valence-electron chi connectivity index (χ4n) is 2.69. The Balaban J connectivity index is 1.75. The zero-order chi connectivity index (χ0) is 16.0. The molecule has 1 saturated carbocycles. The molecule has 5 heteroatoms. The van der Waals surface area contributed by atoms with Gasteiger partial charge in [-0.25, -0.2) is 4.98 Å². The molecule has 2 N–H and O–H groups in total. The number of aromatic nitrogens is 1. The Kier molecular flexibility index (Phi) is 6.24. The third kappa shape index (κ3) is 5.27. The fourth-order valence-corrected chi connectivity index (χ4v) is 3.72. The molecule has 124 valence electrons. The second kappa shape index (κ2) is 7.95. The maximum atomic E-state index is 4.74. The van der Waals surface area contributed by atoms with Crippen molar-refractivity contribution in [3.63, 3.8) is 0 Å². The minimum atomic E-state index is 0.140. The number of hydrogen-bond donors (Lipinski definition) is 2. The van der Waals surface area contributed by atoms with E-state index in [1.807, 2.05) is 7.05 Å². The number of guanidine groups is 1. The van der Waals surface area contributed by atoms with Gasteiger partial charge in [-0.1, -0.05) is 40.0 Å². The molecule has 0 bridgehead atoms. The summed E-state index contributed by atoms with van der Waals surface area (Å²) in [5.41, 5.74) is 1.33. The molecule has 0 spiro atoms. The zero-order valence-corrected chi connectivity index (χ0v) is 15.2. The summed E-state index contributed by atoms with van der Waals surface area (Å²) in [6.07, 6.45) is 7.54. The van der Waals surface area contributed by atoms with E-state index in [0.717, 1.165) is 18.9 Å². The van der Waals surface area contributed by atoms with Crippen molar-refractivity contribution in [3.05, 3.63) is 16.1 Å². The Morgan fingerprint density at radius 3 is 2.64 bits per heavy atom. The Morgan fingerprint density at radius 2 is 2.05 bits per heavy atom. The Morgan fingerprint density at radius 1 is 1.32 bits per heavy atom. The molecule has 0 amide bonds. The highest BCUT2D eigenvalue weighted by molar-refractivity contribution is 7.09. The van der Waals surface area contributed by atoms with Crippen molar-refractivity contribution < 1.29 is 0 Å². The van der Waals surface area contributed by atoms with Crippen LogP contribution in [-0.4, -0.2) is 30.6 Å². The summed E-state index contributed by atoms with van der Waals surface area (Å²) in [7, 11) is 1.85. The first-order valence-corrected chi connectivity index (χ1v) is 9.29. The van der Waals surface area contributed by atoms with Gasteiger partial charge in [-0.3, -0.25) is 4.99 Å². The van der Waals surface area contributed by atoms with Crippen molar-refractivity contribution in [1.82, 2.24) is 15.6 Å². The van der Waals surface area contributed by atoms with Gasteiger partial charge in [-0.05, 0) is 12.8 Å². The summed E-state index contributed by atoms with van der Waals surface area (Å²) < 4.78 is 0. The van der Waals surface area contributed by atoms with Crippen molar-refractivity contribution in [1.29, 1.82) is 0 Å². The summed E-state index contributed by atoms with van der Waals surface area (Å²) in [6, 6.07) is 0.590. The van der Waals surface area contributed by atoms with Crippen molar-refractivity contribution in [3.8, 4) is 0 Å². The monoisotopic (exact) mass is 322 g/mol. The quantitative estimate of drug-likeness (QED) is 0.659. The lowest BCUT2D eigenvalue weighted by atomic mass is 9.93. The van der Waals surface area contributed by atoms with Crippen molar-refractivity contribution in [2.45, 2.75) is 70.8 Å². The Labute approximate surface area is 138 Å². The first kappa shape index (κ1) is 17.3. The Hall–Kier alpha value is -1.10. The molecule has 0 aromatic carbocycles. The van der Waals surface area contributed by atoms with Crippen LogP contribution in [0.2, 0.25) is 0 Å². The number of hydrogen-bond acceptors (Lipinski definition) is 3. The second-order valence-corrected chi connectivity index (χ2v) is 8.05. The molecular formula is C17H30N4S. The third-order valence-corrected chi connectivity index (χ3v) is 5.03. The number of nitrogens with zero attached hydrogens (tertiary/aromatic N) is 2. The number of thiazole rings is 1. The van der Waals surface area contributed by atoms with Gasteiger partial charge in [-0.2, -0.15) is 0 Å². The fraction of sp³-hybridized carbons (Fsp3) is 0.765. The van der Waals surface area contributed by atoms with Crippen LogP contribution in [0.15, 0.2) is 10.4 Å². The standard InChI is InChI=1S/C17H30N4S/c1-17(2,3)14-12-22-15(21-14)10-11-19-16(18-4)20-13-8-6-5-7-9-13/h12-13H,5-11H2,1-4H3,(H2,18,19,20). The number of nitrogens with one attached hydrogen (secondary N) is 2. The highest BCUT2D eigenvalue weighted by Gasteiger charge is 2.17. The molecule has 1 fully saturated rings. The topological polar surface area (TPSA) is 49.3 Å². The highest BCUT2D eigenvalue weighted by Crippen LogP contribution is 2.23. The van der Waals surface area contributed by atoms with Gasteiger partial charge < -0.3 is 10.6 Å². The van der Waals surface area contributed by atoms with Gasteiger partial charge in [0.25, 0.3) is 0 Å². The SMILES string of the molecule is CN=C(NCCc1nc(C(C)(C)C)cs1)NC1CCCCC1. The summed E-state index contributed by atoms with van der Waals surface area (Å²) in [6.45, 7) is 7.50. The van der Waals surface area contributed by atoms with Crippen LogP contribution >= 0.6 is 11.3 Å². The van der Waals surface area contributed by atoms with E-state index in [9.17, 15) is 0 Å². The van der Waals surface area contributed by atoms with Gasteiger partial charge in [0.2, 0.25) is 0 Å². The van der Waals surface area contributed by atoms with E-state index >= 15 is 0 Å². The highest BCUT2D eigenvalue weighted by atomic mass is 32.1. The van der Waals surface area contributed by atoms with Crippen LogP contribution < -0.4 is 10.6 Å².